The third-order valence-corrected chi connectivity index (χ3v) is 3.59. The van der Waals surface area contributed by atoms with Crippen molar-refractivity contribution >= 4 is 12.0 Å². The Morgan fingerprint density at radius 1 is 0.950 bits per heavy atom. The molecule has 2 heterocycles. The van der Waals surface area contributed by atoms with Crippen LogP contribution in [-0.4, -0.2) is 78.1 Å². The summed E-state index contributed by atoms with van der Waals surface area (Å²) < 4.78 is 5.34. The molecule has 0 bridgehead atoms. The van der Waals surface area contributed by atoms with Crippen LogP contribution in [0.2, 0.25) is 0 Å². The van der Waals surface area contributed by atoms with Crippen molar-refractivity contribution in [1.82, 2.24) is 14.7 Å². The molecule has 0 aliphatic carbocycles. The molecule has 0 aromatic rings. The smallest absolute Gasteiger partial charge is 0.410 e. The Labute approximate surface area is 120 Å². The number of carbonyl (C=O) groups excluding carboxylic acids is 2. The van der Waals surface area contributed by atoms with Crippen molar-refractivity contribution in [3.8, 4) is 0 Å². The summed E-state index contributed by atoms with van der Waals surface area (Å²) in [5.74, 6) is 0.175. The van der Waals surface area contributed by atoms with E-state index in [0.717, 1.165) is 13.1 Å². The van der Waals surface area contributed by atoms with Crippen molar-refractivity contribution in [2.75, 3.05) is 45.8 Å². The number of rotatable bonds is 2. The zero-order chi connectivity index (χ0) is 14.8. The SMILES string of the molecule is CC(C)(C)OC(=O)N1CCN(C(=O)CN2CCC2)CC1. The van der Waals surface area contributed by atoms with Gasteiger partial charge in [0.05, 0.1) is 6.54 Å². The fourth-order valence-electron chi connectivity index (χ4n) is 2.30. The minimum Gasteiger partial charge on any atom is -0.444 e. The summed E-state index contributed by atoms with van der Waals surface area (Å²) in [5, 5.41) is 0. The second-order valence-corrected chi connectivity index (χ2v) is 6.48. The minimum atomic E-state index is -0.471. The molecule has 0 radical (unpaired) electrons. The predicted molar refractivity (Wildman–Crippen MR) is 75.4 cm³/mol. The van der Waals surface area contributed by atoms with Gasteiger partial charge in [0.15, 0.2) is 0 Å². The molecule has 0 spiro atoms. The van der Waals surface area contributed by atoms with E-state index < -0.39 is 5.60 Å². The van der Waals surface area contributed by atoms with E-state index in [-0.39, 0.29) is 12.0 Å². The average Bonchev–Trinajstić information content (AvgIpc) is 2.31. The molecule has 0 atom stereocenters. The fraction of sp³-hybridized carbons (Fsp3) is 0.857. The zero-order valence-corrected chi connectivity index (χ0v) is 12.7. The highest BCUT2D eigenvalue weighted by Gasteiger charge is 2.28. The lowest BCUT2D eigenvalue weighted by Gasteiger charge is -2.37. The molecule has 2 saturated heterocycles. The maximum atomic E-state index is 12.1. The van der Waals surface area contributed by atoms with E-state index in [4.69, 9.17) is 4.74 Å². The first-order chi connectivity index (χ1) is 9.35. The Morgan fingerprint density at radius 3 is 1.95 bits per heavy atom. The van der Waals surface area contributed by atoms with Crippen LogP contribution in [0.15, 0.2) is 0 Å². The van der Waals surface area contributed by atoms with Gasteiger partial charge in [0.2, 0.25) is 5.91 Å². The number of carbonyl (C=O) groups is 2. The van der Waals surface area contributed by atoms with Gasteiger partial charge in [0.25, 0.3) is 0 Å². The van der Waals surface area contributed by atoms with E-state index in [1.165, 1.54) is 6.42 Å². The van der Waals surface area contributed by atoms with Crippen LogP contribution in [0, 0.1) is 0 Å². The zero-order valence-electron chi connectivity index (χ0n) is 12.7. The molecule has 2 aliphatic heterocycles. The molecule has 0 aromatic carbocycles. The number of amides is 2. The van der Waals surface area contributed by atoms with Gasteiger partial charge in [-0.1, -0.05) is 0 Å². The molecular weight excluding hydrogens is 258 g/mol. The van der Waals surface area contributed by atoms with Gasteiger partial charge in [-0.3, -0.25) is 9.69 Å². The Hall–Kier alpha value is -1.30. The Bertz CT molecular complexity index is 366. The molecule has 2 amide bonds. The third kappa shape index (κ3) is 4.10. The van der Waals surface area contributed by atoms with Crippen molar-refractivity contribution in [3.05, 3.63) is 0 Å². The summed E-state index contributed by atoms with van der Waals surface area (Å²) in [6, 6.07) is 0. The second-order valence-electron chi connectivity index (χ2n) is 6.48. The topological polar surface area (TPSA) is 53.1 Å². The van der Waals surface area contributed by atoms with Gasteiger partial charge in [0.1, 0.15) is 5.60 Å². The summed E-state index contributed by atoms with van der Waals surface area (Å²) in [4.78, 5) is 29.7. The first-order valence-corrected chi connectivity index (χ1v) is 7.33. The number of hydrogen-bond donors (Lipinski definition) is 0. The highest BCUT2D eigenvalue weighted by atomic mass is 16.6. The van der Waals surface area contributed by atoms with E-state index in [0.29, 0.717) is 32.7 Å². The Balaban J connectivity index is 1.74. The molecule has 2 fully saturated rings. The lowest BCUT2D eigenvalue weighted by molar-refractivity contribution is -0.135. The molecule has 20 heavy (non-hydrogen) atoms. The lowest BCUT2D eigenvalue weighted by atomic mass is 10.2. The molecule has 6 nitrogen and oxygen atoms in total. The van der Waals surface area contributed by atoms with Crippen molar-refractivity contribution < 1.29 is 14.3 Å². The molecule has 114 valence electrons. The van der Waals surface area contributed by atoms with Crippen LogP contribution in [0.5, 0.6) is 0 Å². The van der Waals surface area contributed by atoms with Crippen molar-refractivity contribution in [2.45, 2.75) is 32.8 Å². The van der Waals surface area contributed by atoms with Gasteiger partial charge in [-0.15, -0.1) is 0 Å². The van der Waals surface area contributed by atoms with Crippen LogP contribution in [0.3, 0.4) is 0 Å². The number of likely N-dealkylation sites (tertiary alicyclic amines) is 1. The Morgan fingerprint density at radius 2 is 1.50 bits per heavy atom. The van der Waals surface area contributed by atoms with Crippen LogP contribution in [0.4, 0.5) is 4.79 Å². The molecule has 0 unspecified atom stereocenters. The van der Waals surface area contributed by atoms with Crippen molar-refractivity contribution in [3.63, 3.8) is 0 Å². The van der Waals surface area contributed by atoms with Crippen LogP contribution < -0.4 is 0 Å². The number of ether oxygens (including phenoxy) is 1. The summed E-state index contributed by atoms with van der Waals surface area (Å²) in [5.41, 5.74) is -0.471. The highest BCUT2D eigenvalue weighted by molar-refractivity contribution is 5.79. The van der Waals surface area contributed by atoms with Crippen LogP contribution >= 0.6 is 0 Å². The first kappa shape index (κ1) is 15.1. The standard InChI is InChI=1S/C14H25N3O3/c1-14(2,3)20-13(19)17-9-7-16(8-10-17)12(18)11-15-5-4-6-15/h4-11H2,1-3H3. The first-order valence-electron chi connectivity index (χ1n) is 7.33. The lowest BCUT2D eigenvalue weighted by Crippen LogP contribution is -2.54. The monoisotopic (exact) mass is 283 g/mol. The quantitative estimate of drug-likeness (QED) is 0.751. The van der Waals surface area contributed by atoms with E-state index in [9.17, 15) is 9.59 Å². The van der Waals surface area contributed by atoms with E-state index in [1.54, 1.807) is 4.90 Å². The van der Waals surface area contributed by atoms with Crippen molar-refractivity contribution in [1.29, 1.82) is 0 Å². The van der Waals surface area contributed by atoms with Crippen molar-refractivity contribution in [2.24, 2.45) is 0 Å². The molecule has 0 N–H and O–H groups in total. The molecule has 2 aliphatic rings. The summed E-state index contributed by atoms with van der Waals surface area (Å²) >= 11 is 0. The van der Waals surface area contributed by atoms with Crippen LogP contribution in [-0.2, 0) is 9.53 Å². The predicted octanol–water partition coefficient (Wildman–Crippen LogP) is 0.771. The van der Waals surface area contributed by atoms with Gasteiger partial charge in [0, 0.05) is 26.2 Å². The number of hydrogen-bond acceptors (Lipinski definition) is 4. The van der Waals surface area contributed by atoms with E-state index in [2.05, 4.69) is 4.90 Å². The van der Waals surface area contributed by atoms with Gasteiger partial charge >= 0.3 is 6.09 Å². The molecule has 0 saturated carbocycles. The van der Waals surface area contributed by atoms with E-state index >= 15 is 0 Å². The largest absolute Gasteiger partial charge is 0.444 e. The average molecular weight is 283 g/mol. The number of piperazine rings is 1. The van der Waals surface area contributed by atoms with Gasteiger partial charge in [-0.2, -0.15) is 0 Å². The van der Waals surface area contributed by atoms with Gasteiger partial charge in [-0.05, 0) is 40.3 Å². The van der Waals surface area contributed by atoms with Crippen LogP contribution in [0.25, 0.3) is 0 Å². The van der Waals surface area contributed by atoms with Gasteiger partial charge < -0.3 is 14.5 Å². The molecule has 2 rings (SSSR count). The summed E-state index contributed by atoms with van der Waals surface area (Å²) in [6.07, 6.45) is 0.909. The molecule has 0 aromatic heterocycles. The molecule has 6 heteroatoms. The minimum absolute atomic E-state index is 0.175. The van der Waals surface area contributed by atoms with E-state index in [1.807, 2.05) is 25.7 Å². The number of nitrogens with zero attached hydrogens (tertiary/aromatic N) is 3. The highest BCUT2D eigenvalue weighted by Crippen LogP contribution is 2.12. The maximum Gasteiger partial charge on any atom is 0.410 e. The normalized spacial score (nSPS) is 20.6. The summed E-state index contributed by atoms with van der Waals surface area (Å²) in [6.45, 7) is 10.5. The molecular formula is C14H25N3O3. The maximum absolute atomic E-state index is 12.1. The third-order valence-electron chi connectivity index (χ3n) is 3.59. The fourth-order valence-corrected chi connectivity index (χ4v) is 2.30. The van der Waals surface area contributed by atoms with Gasteiger partial charge in [-0.25, -0.2) is 4.79 Å². The summed E-state index contributed by atoms with van der Waals surface area (Å²) in [7, 11) is 0. The van der Waals surface area contributed by atoms with Crippen LogP contribution in [0.1, 0.15) is 27.2 Å². The second kappa shape index (κ2) is 5.99. The Kier molecular flexibility index (Phi) is 4.52.